The molecule has 0 amide bonds. The topological polar surface area (TPSA) is 18.5 Å². The van der Waals surface area contributed by atoms with Crippen molar-refractivity contribution in [3.8, 4) is 0 Å². The lowest BCUT2D eigenvalue weighted by Gasteiger charge is -2.14. The van der Waals surface area contributed by atoms with Crippen molar-refractivity contribution in [2.24, 2.45) is 5.92 Å². The summed E-state index contributed by atoms with van der Waals surface area (Å²) < 4.78 is 10.4. The zero-order chi connectivity index (χ0) is 13.9. The van der Waals surface area contributed by atoms with Crippen LogP contribution < -0.4 is 0 Å². The molecule has 0 aliphatic carbocycles. The second-order valence-corrected chi connectivity index (χ2v) is 5.34. The fourth-order valence-electron chi connectivity index (χ4n) is 1.91. The second kappa shape index (κ2) is 10.5. The van der Waals surface area contributed by atoms with E-state index in [-0.39, 0.29) is 0 Å². The standard InChI is InChI=1S/C15H22Cl2O2/c1-18-9-10-19-8-2-3-14(12-16)11-13-4-6-15(17)7-5-13/h4-7,14H,2-3,8-12H2,1H3. The maximum absolute atomic E-state index is 6.02. The Labute approximate surface area is 126 Å². The van der Waals surface area contributed by atoms with Gasteiger partial charge in [0.15, 0.2) is 0 Å². The Balaban J connectivity index is 2.20. The first kappa shape index (κ1) is 16.8. The third-order valence-electron chi connectivity index (χ3n) is 2.99. The molecule has 4 heteroatoms. The number of hydrogen-bond donors (Lipinski definition) is 0. The van der Waals surface area contributed by atoms with Gasteiger partial charge in [0.25, 0.3) is 0 Å². The summed E-state index contributed by atoms with van der Waals surface area (Å²) >= 11 is 11.9. The van der Waals surface area contributed by atoms with Gasteiger partial charge >= 0.3 is 0 Å². The number of benzene rings is 1. The van der Waals surface area contributed by atoms with Crippen molar-refractivity contribution in [3.05, 3.63) is 34.9 Å². The number of rotatable bonds is 10. The van der Waals surface area contributed by atoms with Crippen LogP contribution in [0.15, 0.2) is 24.3 Å². The van der Waals surface area contributed by atoms with Gasteiger partial charge in [-0.25, -0.2) is 0 Å². The van der Waals surface area contributed by atoms with E-state index in [4.69, 9.17) is 32.7 Å². The molecule has 0 saturated carbocycles. The second-order valence-electron chi connectivity index (χ2n) is 4.60. The van der Waals surface area contributed by atoms with E-state index >= 15 is 0 Å². The van der Waals surface area contributed by atoms with Gasteiger partial charge in [-0.3, -0.25) is 0 Å². The van der Waals surface area contributed by atoms with E-state index in [9.17, 15) is 0 Å². The van der Waals surface area contributed by atoms with E-state index in [2.05, 4.69) is 12.1 Å². The molecule has 1 unspecified atom stereocenters. The molecule has 0 saturated heterocycles. The summed E-state index contributed by atoms with van der Waals surface area (Å²) in [7, 11) is 1.68. The van der Waals surface area contributed by atoms with Crippen LogP contribution in [0, 0.1) is 5.92 Å². The summed E-state index contributed by atoms with van der Waals surface area (Å²) in [6, 6.07) is 7.99. The molecule has 1 aromatic rings. The molecule has 2 nitrogen and oxygen atoms in total. The summed E-state index contributed by atoms with van der Waals surface area (Å²) in [5.74, 6) is 1.18. The number of hydrogen-bond acceptors (Lipinski definition) is 2. The maximum Gasteiger partial charge on any atom is 0.0700 e. The monoisotopic (exact) mass is 304 g/mol. The van der Waals surface area contributed by atoms with Crippen LogP contribution in [0.5, 0.6) is 0 Å². The average molecular weight is 305 g/mol. The van der Waals surface area contributed by atoms with Crippen LogP contribution in [0.4, 0.5) is 0 Å². The maximum atomic E-state index is 6.02. The van der Waals surface area contributed by atoms with Crippen molar-refractivity contribution in [3.63, 3.8) is 0 Å². The molecule has 0 heterocycles. The van der Waals surface area contributed by atoms with Gasteiger partial charge in [-0.05, 0) is 42.9 Å². The van der Waals surface area contributed by atoms with Crippen LogP contribution in [0.3, 0.4) is 0 Å². The van der Waals surface area contributed by atoms with Crippen LogP contribution in [0.2, 0.25) is 5.02 Å². The first-order chi connectivity index (χ1) is 9.26. The Kier molecular flexibility index (Phi) is 9.27. The fourth-order valence-corrected chi connectivity index (χ4v) is 2.30. The molecule has 1 aromatic carbocycles. The van der Waals surface area contributed by atoms with Crippen LogP contribution in [0.25, 0.3) is 0 Å². The van der Waals surface area contributed by atoms with E-state index in [1.165, 1.54) is 5.56 Å². The molecule has 0 aliphatic rings. The average Bonchev–Trinajstić information content (AvgIpc) is 2.43. The molecule has 0 aliphatic heterocycles. The van der Waals surface area contributed by atoms with Crippen LogP contribution >= 0.6 is 23.2 Å². The SMILES string of the molecule is COCCOCCCC(CCl)Cc1ccc(Cl)cc1. The lowest BCUT2D eigenvalue weighted by atomic mass is 9.97. The smallest absolute Gasteiger partial charge is 0.0700 e. The predicted octanol–water partition coefficient (Wildman–Crippen LogP) is 4.18. The third-order valence-corrected chi connectivity index (χ3v) is 3.68. The Morgan fingerprint density at radius 2 is 1.84 bits per heavy atom. The highest BCUT2D eigenvalue weighted by molar-refractivity contribution is 6.30. The van der Waals surface area contributed by atoms with Crippen molar-refractivity contribution >= 4 is 23.2 Å². The molecule has 0 bridgehead atoms. The normalized spacial score (nSPS) is 12.6. The number of methoxy groups -OCH3 is 1. The Bertz CT molecular complexity index is 327. The third kappa shape index (κ3) is 7.78. The van der Waals surface area contributed by atoms with Crippen molar-refractivity contribution < 1.29 is 9.47 Å². The summed E-state index contributed by atoms with van der Waals surface area (Å²) in [6.45, 7) is 2.10. The van der Waals surface area contributed by atoms with E-state index in [0.29, 0.717) is 25.0 Å². The Hall–Kier alpha value is -0.280. The first-order valence-electron chi connectivity index (χ1n) is 6.63. The molecule has 19 heavy (non-hydrogen) atoms. The Morgan fingerprint density at radius 3 is 2.47 bits per heavy atom. The summed E-state index contributed by atoms with van der Waals surface area (Å²) in [4.78, 5) is 0. The largest absolute Gasteiger partial charge is 0.382 e. The molecule has 0 fully saturated rings. The fraction of sp³-hybridized carbons (Fsp3) is 0.600. The van der Waals surface area contributed by atoms with E-state index in [0.717, 1.165) is 30.9 Å². The highest BCUT2D eigenvalue weighted by Gasteiger charge is 2.08. The van der Waals surface area contributed by atoms with Crippen molar-refractivity contribution in [2.45, 2.75) is 19.3 Å². The molecular weight excluding hydrogens is 283 g/mol. The molecule has 1 atom stereocenters. The van der Waals surface area contributed by atoms with E-state index < -0.39 is 0 Å². The summed E-state index contributed by atoms with van der Waals surface area (Å²) in [6.07, 6.45) is 3.12. The summed E-state index contributed by atoms with van der Waals surface area (Å²) in [5, 5.41) is 0.776. The van der Waals surface area contributed by atoms with Gasteiger partial charge in [-0.2, -0.15) is 0 Å². The van der Waals surface area contributed by atoms with Gasteiger partial charge in [0.2, 0.25) is 0 Å². The zero-order valence-electron chi connectivity index (χ0n) is 11.4. The zero-order valence-corrected chi connectivity index (χ0v) is 12.9. The van der Waals surface area contributed by atoms with Crippen LogP contribution in [-0.2, 0) is 15.9 Å². The summed E-state index contributed by atoms with van der Waals surface area (Å²) in [5.41, 5.74) is 1.29. The predicted molar refractivity (Wildman–Crippen MR) is 81.3 cm³/mol. The molecule has 0 spiro atoms. The van der Waals surface area contributed by atoms with Gasteiger partial charge < -0.3 is 9.47 Å². The molecule has 108 valence electrons. The van der Waals surface area contributed by atoms with E-state index in [1.54, 1.807) is 7.11 Å². The van der Waals surface area contributed by atoms with E-state index in [1.807, 2.05) is 12.1 Å². The van der Waals surface area contributed by atoms with Crippen molar-refractivity contribution in [1.29, 1.82) is 0 Å². The van der Waals surface area contributed by atoms with Gasteiger partial charge in [0, 0.05) is 24.6 Å². The first-order valence-corrected chi connectivity index (χ1v) is 7.54. The molecule has 1 rings (SSSR count). The minimum atomic E-state index is 0.494. The van der Waals surface area contributed by atoms with Crippen molar-refractivity contribution in [2.75, 3.05) is 32.8 Å². The quantitative estimate of drug-likeness (QED) is 0.477. The highest BCUT2D eigenvalue weighted by Crippen LogP contribution is 2.18. The lowest BCUT2D eigenvalue weighted by Crippen LogP contribution is -2.09. The van der Waals surface area contributed by atoms with Crippen molar-refractivity contribution in [1.82, 2.24) is 0 Å². The minimum Gasteiger partial charge on any atom is -0.382 e. The lowest BCUT2D eigenvalue weighted by molar-refractivity contribution is 0.0675. The van der Waals surface area contributed by atoms with Gasteiger partial charge in [-0.1, -0.05) is 23.7 Å². The molecule has 0 aromatic heterocycles. The molecular formula is C15H22Cl2O2. The number of ether oxygens (including phenoxy) is 2. The molecule has 0 N–H and O–H groups in total. The van der Waals surface area contributed by atoms with Crippen LogP contribution in [0.1, 0.15) is 18.4 Å². The van der Waals surface area contributed by atoms with Gasteiger partial charge in [0.05, 0.1) is 13.2 Å². The van der Waals surface area contributed by atoms with Gasteiger partial charge in [-0.15, -0.1) is 11.6 Å². The van der Waals surface area contributed by atoms with Crippen LogP contribution in [-0.4, -0.2) is 32.8 Å². The highest BCUT2D eigenvalue weighted by atomic mass is 35.5. The van der Waals surface area contributed by atoms with Gasteiger partial charge in [0.1, 0.15) is 0 Å². The number of alkyl halides is 1. The Morgan fingerprint density at radius 1 is 1.11 bits per heavy atom. The minimum absolute atomic E-state index is 0.494. The number of halogens is 2. The molecule has 0 radical (unpaired) electrons.